The summed E-state index contributed by atoms with van der Waals surface area (Å²) in [7, 11) is 3.01. The van der Waals surface area contributed by atoms with Gasteiger partial charge in [-0.25, -0.2) is 4.98 Å². The fraction of sp³-hybridized carbons (Fsp3) is 0.222. The van der Waals surface area contributed by atoms with Gasteiger partial charge in [0.05, 0.1) is 29.5 Å². The Kier molecular flexibility index (Phi) is 5.11. The molecule has 0 unspecified atom stereocenters. The van der Waals surface area contributed by atoms with Crippen molar-refractivity contribution in [3.05, 3.63) is 47.0 Å². The van der Waals surface area contributed by atoms with Crippen LogP contribution >= 0.6 is 22.9 Å². The standard InChI is InChI=1S/C18H17ClN2O3S/c1-4-21(18-20-13-7-5-6-8-15(13)25-18)17(22)11-9-12(19)16(24-3)14(10-11)23-2/h5-10H,4H2,1-3H3. The van der Waals surface area contributed by atoms with Crippen molar-refractivity contribution < 1.29 is 14.3 Å². The van der Waals surface area contributed by atoms with E-state index in [1.807, 2.05) is 31.2 Å². The minimum atomic E-state index is -0.190. The van der Waals surface area contributed by atoms with Crippen molar-refractivity contribution in [2.45, 2.75) is 6.92 Å². The van der Waals surface area contributed by atoms with E-state index >= 15 is 0 Å². The van der Waals surface area contributed by atoms with Gasteiger partial charge in [0.2, 0.25) is 0 Å². The lowest BCUT2D eigenvalue weighted by atomic mass is 10.1. The van der Waals surface area contributed by atoms with Crippen molar-refractivity contribution >= 4 is 44.2 Å². The Hall–Kier alpha value is -2.31. The van der Waals surface area contributed by atoms with Crippen LogP contribution < -0.4 is 14.4 Å². The normalized spacial score (nSPS) is 10.7. The number of benzene rings is 2. The zero-order chi connectivity index (χ0) is 18.0. The molecule has 0 N–H and O–H groups in total. The average molecular weight is 377 g/mol. The summed E-state index contributed by atoms with van der Waals surface area (Å²) in [6.45, 7) is 2.40. The molecule has 3 rings (SSSR count). The van der Waals surface area contributed by atoms with Crippen molar-refractivity contribution in [2.75, 3.05) is 25.7 Å². The lowest BCUT2D eigenvalue weighted by Crippen LogP contribution is -2.30. The van der Waals surface area contributed by atoms with Crippen molar-refractivity contribution in [1.29, 1.82) is 0 Å². The van der Waals surface area contributed by atoms with Gasteiger partial charge in [-0.1, -0.05) is 35.1 Å². The minimum Gasteiger partial charge on any atom is -0.493 e. The third-order valence-electron chi connectivity index (χ3n) is 3.76. The number of carbonyl (C=O) groups excluding carboxylic acids is 1. The first-order valence-corrected chi connectivity index (χ1v) is 8.87. The second kappa shape index (κ2) is 7.29. The fourth-order valence-electron chi connectivity index (χ4n) is 2.54. The number of aromatic nitrogens is 1. The zero-order valence-corrected chi connectivity index (χ0v) is 15.6. The molecule has 0 atom stereocenters. The van der Waals surface area contributed by atoms with Crippen molar-refractivity contribution in [1.82, 2.24) is 4.98 Å². The van der Waals surface area contributed by atoms with E-state index in [4.69, 9.17) is 21.1 Å². The molecule has 0 radical (unpaired) electrons. The summed E-state index contributed by atoms with van der Waals surface area (Å²) in [4.78, 5) is 19.2. The zero-order valence-electron chi connectivity index (χ0n) is 14.1. The van der Waals surface area contributed by atoms with E-state index in [1.165, 1.54) is 25.6 Å². The Bertz CT molecular complexity index is 893. The number of hydrogen-bond acceptors (Lipinski definition) is 5. The molecule has 1 amide bonds. The molecular weight excluding hydrogens is 360 g/mol. The first-order valence-electron chi connectivity index (χ1n) is 7.68. The van der Waals surface area contributed by atoms with E-state index in [0.717, 1.165) is 10.2 Å². The number of rotatable bonds is 5. The molecule has 0 aliphatic heterocycles. The topological polar surface area (TPSA) is 51.7 Å². The molecule has 0 saturated heterocycles. The third-order valence-corrected chi connectivity index (χ3v) is 5.10. The second-order valence-electron chi connectivity index (χ2n) is 5.21. The monoisotopic (exact) mass is 376 g/mol. The van der Waals surface area contributed by atoms with Gasteiger partial charge in [-0.15, -0.1) is 0 Å². The summed E-state index contributed by atoms with van der Waals surface area (Å²) in [6.07, 6.45) is 0. The molecule has 1 aromatic heterocycles. The Morgan fingerprint density at radius 3 is 2.64 bits per heavy atom. The largest absolute Gasteiger partial charge is 0.493 e. The van der Waals surface area contributed by atoms with Crippen molar-refractivity contribution in [3.63, 3.8) is 0 Å². The SMILES string of the molecule is CCN(C(=O)c1cc(Cl)c(OC)c(OC)c1)c1nc2ccccc2s1. The number of amides is 1. The number of thiazole rings is 1. The lowest BCUT2D eigenvalue weighted by Gasteiger charge is -2.19. The van der Waals surface area contributed by atoms with Crippen LogP contribution in [0.5, 0.6) is 11.5 Å². The first-order chi connectivity index (χ1) is 12.1. The first kappa shape index (κ1) is 17.5. The Morgan fingerprint density at radius 2 is 2.00 bits per heavy atom. The highest BCUT2D eigenvalue weighted by atomic mass is 35.5. The van der Waals surface area contributed by atoms with Gasteiger partial charge in [-0.05, 0) is 31.2 Å². The van der Waals surface area contributed by atoms with Gasteiger partial charge in [0.1, 0.15) is 0 Å². The lowest BCUT2D eigenvalue weighted by molar-refractivity contribution is 0.0988. The molecule has 3 aromatic rings. The summed E-state index contributed by atoms with van der Waals surface area (Å²) in [6, 6.07) is 11.0. The van der Waals surface area contributed by atoms with Gasteiger partial charge in [0.25, 0.3) is 5.91 Å². The number of fused-ring (bicyclic) bond motifs is 1. The molecule has 5 nitrogen and oxygen atoms in total. The van der Waals surface area contributed by atoms with Gasteiger partial charge in [-0.2, -0.15) is 0 Å². The maximum atomic E-state index is 13.0. The van der Waals surface area contributed by atoms with Crippen LogP contribution in [0.25, 0.3) is 10.2 Å². The fourth-order valence-corrected chi connectivity index (χ4v) is 3.85. The van der Waals surface area contributed by atoms with Gasteiger partial charge in [0.15, 0.2) is 16.6 Å². The highest BCUT2D eigenvalue weighted by Crippen LogP contribution is 2.37. The molecule has 0 spiro atoms. The van der Waals surface area contributed by atoms with Crippen LogP contribution in [-0.2, 0) is 0 Å². The van der Waals surface area contributed by atoms with Crippen molar-refractivity contribution in [3.8, 4) is 11.5 Å². The average Bonchev–Trinajstić information content (AvgIpc) is 3.05. The van der Waals surface area contributed by atoms with E-state index in [2.05, 4.69) is 4.98 Å². The molecule has 0 fully saturated rings. The highest BCUT2D eigenvalue weighted by molar-refractivity contribution is 7.22. The molecule has 7 heteroatoms. The smallest absolute Gasteiger partial charge is 0.260 e. The van der Waals surface area contributed by atoms with Crippen molar-refractivity contribution in [2.24, 2.45) is 0 Å². The van der Waals surface area contributed by atoms with E-state index in [0.29, 0.717) is 33.8 Å². The maximum Gasteiger partial charge on any atom is 0.260 e. The predicted octanol–water partition coefficient (Wildman–Crippen LogP) is 4.63. The number of ether oxygens (including phenoxy) is 2. The van der Waals surface area contributed by atoms with E-state index in [1.54, 1.807) is 17.0 Å². The van der Waals surface area contributed by atoms with Crippen LogP contribution in [0, 0.1) is 0 Å². The van der Waals surface area contributed by atoms with E-state index in [9.17, 15) is 4.79 Å². The third kappa shape index (κ3) is 3.27. The van der Waals surface area contributed by atoms with Crippen LogP contribution in [0.2, 0.25) is 5.02 Å². The highest BCUT2D eigenvalue weighted by Gasteiger charge is 2.22. The number of nitrogens with zero attached hydrogens (tertiary/aromatic N) is 2. The quantitative estimate of drug-likeness (QED) is 0.651. The molecule has 25 heavy (non-hydrogen) atoms. The number of hydrogen-bond donors (Lipinski definition) is 0. The second-order valence-corrected chi connectivity index (χ2v) is 6.62. The van der Waals surface area contributed by atoms with E-state index < -0.39 is 0 Å². The molecule has 130 valence electrons. The maximum absolute atomic E-state index is 13.0. The summed E-state index contributed by atoms with van der Waals surface area (Å²) < 4.78 is 11.5. The number of para-hydroxylation sites is 1. The van der Waals surface area contributed by atoms with E-state index in [-0.39, 0.29) is 5.91 Å². The van der Waals surface area contributed by atoms with Crippen LogP contribution in [0.15, 0.2) is 36.4 Å². The number of carbonyl (C=O) groups is 1. The van der Waals surface area contributed by atoms with Gasteiger partial charge >= 0.3 is 0 Å². The van der Waals surface area contributed by atoms with Crippen LogP contribution in [-0.4, -0.2) is 31.7 Å². The molecule has 0 saturated carbocycles. The van der Waals surface area contributed by atoms with Crippen LogP contribution in [0.3, 0.4) is 0 Å². The Labute approximate surface area is 154 Å². The summed E-state index contributed by atoms with van der Waals surface area (Å²) in [5.41, 5.74) is 1.29. The molecule has 0 bridgehead atoms. The molecule has 2 aromatic carbocycles. The molecule has 1 heterocycles. The number of anilines is 1. The minimum absolute atomic E-state index is 0.190. The molecule has 0 aliphatic carbocycles. The Morgan fingerprint density at radius 1 is 1.24 bits per heavy atom. The van der Waals surface area contributed by atoms with Gasteiger partial charge in [-0.3, -0.25) is 9.69 Å². The van der Waals surface area contributed by atoms with Crippen LogP contribution in [0.1, 0.15) is 17.3 Å². The van der Waals surface area contributed by atoms with Crippen LogP contribution in [0.4, 0.5) is 5.13 Å². The summed E-state index contributed by atoms with van der Waals surface area (Å²) in [5, 5.41) is 0.977. The summed E-state index contributed by atoms with van der Waals surface area (Å²) >= 11 is 7.71. The number of halogens is 1. The van der Waals surface area contributed by atoms with Gasteiger partial charge < -0.3 is 9.47 Å². The molecular formula is C18H17ClN2O3S. The van der Waals surface area contributed by atoms with Gasteiger partial charge in [0, 0.05) is 12.1 Å². The summed E-state index contributed by atoms with van der Waals surface area (Å²) in [5.74, 6) is 0.631. The molecule has 0 aliphatic rings. The number of methoxy groups -OCH3 is 2. The predicted molar refractivity (Wildman–Crippen MR) is 102 cm³/mol. The Balaban J connectivity index is 2.01.